The van der Waals surface area contributed by atoms with Gasteiger partial charge in [-0.05, 0) is 85.6 Å². The average molecular weight is 655 g/mol. The van der Waals surface area contributed by atoms with Gasteiger partial charge in [-0.25, -0.2) is 13.4 Å². The summed E-state index contributed by atoms with van der Waals surface area (Å²) < 4.78 is 34.4. The van der Waals surface area contributed by atoms with Crippen molar-refractivity contribution in [2.75, 3.05) is 30.2 Å². The van der Waals surface area contributed by atoms with Crippen molar-refractivity contribution in [3.8, 4) is 16.3 Å². The number of anilines is 2. The maximum Gasteiger partial charge on any atom is 0.261 e. The van der Waals surface area contributed by atoms with Crippen LogP contribution in [0.25, 0.3) is 20.8 Å². The summed E-state index contributed by atoms with van der Waals surface area (Å²) in [5, 5.41) is 4.87. The zero-order valence-corrected chi connectivity index (χ0v) is 26.9. The van der Waals surface area contributed by atoms with Gasteiger partial charge < -0.3 is 10.1 Å². The molecular formula is C31H31ClN4O4S3. The van der Waals surface area contributed by atoms with Crippen LogP contribution in [-0.4, -0.2) is 44.4 Å². The summed E-state index contributed by atoms with van der Waals surface area (Å²) in [6, 6.07) is 20.6. The molecule has 0 unspecified atom stereocenters. The van der Waals surface area contributed by atoms with Gasteiger partial charge in [0.25, 0.3) is 15.9 Å². The molecule has 0 bridgehead atoms. The highest BCUT2D eigenvalue weighted by atomic mass is 35.5. The number of methoxy groups -OCH3 is 1. The molecule has 3 heterocycles. The predicted molar refractivity (Wildman–Crippen MR) is 178 cm³/mol. The zero-order valence-electron chi connectivity index (χ0n) is 23.6. The molecule has 0 saturated carbocycles. The van der Waals surface area contributed by atoms with E-state index in [0.29, 0.717) is 17.0 Å². The number of halogens is 1. The summed E-state index contributed by atoms with van der Waals surface area (Å²) in [5.41, 5.74) is 4.03. The Hall–Kier alpha value is -3.48. The Balaban J connectivity index is 0.00000368. The lowest BCUT2D eigenvalue weighted by atomic mass is 10.0. The Bertz CT molecular complexity index is 1820. The number of carbonyl (C=O) groups excluding carboxylic acids is 1. The Morgan fingerprint density at radius 3 is 2.47 bits per heavy atom. The van der Waals surface area contributed by atoms with E-state index in [-0.39, 0.29) is 23.2 Å². The van der Waals surface area contributed by atoms with Crippen molar-refractivity contribution in [3.63, 3.8) is 0 Å². The second kappa shape index (κ2) is 13.0. The van der Waals surface area contributed by atoms with Crippen molar-refractivity contribution in [2.45, 2.75) is 31.2 Å². The largest absolute Gasteiger partial charge is 0.497 e. The molecule has 0 aliphatic carbocycles. The monoisotopic (exact) mass is 654 g/mol. The molecule has 0 spiro atoms. The van der Waals surface area contributed by atoms with E-state index in [0.717, 1.165) is 58.3 Å². The van der Waals surface area contributed by atoms with Crippen LogP contribution in [0.5, 0.6) is 5.75 Å². The molecule has 0 radical (unpaired) electrons. The van der Waals surface area contributed by atoms with Crippen LogP contribution in [0.1, 0.15) is 34.1 Å². The topological polar surface area (TPSA) is 101 Å². The minimum Gasteiger partial charge on any atom is -0.497 e. The summed E-state index contributed by atoms with van der Waals surface area (Å²) >= 11 is 3.26. The third kappa shape index (κ3) is 6.56. The van der Waals surface area contributed by atoms with E-state index in [4.69, 9.17) is 9.72 Å². The van der Waals surface area contributed by atoms with Crippen LogP contribution < -0.4 is 14.8 Å². The van der Waals surface area contributed by atoms with Crippen molar-refractivity contribution in [3.05, 3.63) is 88.8 Å². The van der Waals surface area contributed by atoms with E-state index >= 15 is 0 Å². The Morgan fingerprint density at radius 1 is 1.02 bits per heavy atom. The van der Waals surface area contributed by atoms with E-state index in [1.165, 1.54) is 29.7 Å². The Morgan fingerprint density at radius 2 is 1.77 bits per heavy atom. The van der Waals surface area contributed by atoms with Crippen LogP contribution >= 0.6 is 35.1 Å². The number of carbonyl (C=O) groups is 1. The molecule has 0 saturated heterocycles. The first kappa shape index (κ1) is 31.0. The molecule has 5 aromatic rings. The Labute approximate surface area is 265 Å². The summed E-state index contributed by atoms with van der Waals surface area (Å²) in [6.07, 6.45) is 2.01. The first-order chi connectivity index (χ1) is 20.3. The summed E-state index contributed by atoms with van der Waals surface area (Å²) in [4.78, 5) is 22.2. The van der Waals surface area contributed by atoms with Crippen molar-refractivity contribution in [1.82, 2.24) is 9.88 Å². The van der Waals surface area contributed by atoms with Crippen LogP contribution in [0.15, 0.2) is 77.7 Å². The number of amides is 1. The number of thiophene rings is 1. The molecule has 2 aromatic heterocycles. The van der Waals surface area contributed by atoms with Crippen LogP contribution in [0.2, 0.25) is 0 Å². The van der Waals surface area contributed by atoms with Gasteiger partial charge in [0.1, 0.15) is 15.8 Å². The van der Waals surface area contributed by atoms with Crippen molar-refractivity contribution in [2.24, 2.45) is 0 Å². The van der Waals surface area contributed by atoms with Gasteiger partial charge in [0.15, 0.2) is 0 Å². The standard InChI is InChI=1S/C31H30N4O4S3.ClH/c1-3-17-35-18-16-24-27(19-35)41-31(28(24)30-32-25-6-4-5-7-26(25)40-30)33-29(36)20-8-10-21(11-9-20)34-42(37,38)23-14-12-22(39-2)13-15-23;/h4-15,34H,3,16-19H2,1-2H3,(H,33,36);1H. The van der Waals surface area contributed by atoms with E-state index < -0.39 is 10.0 Å². The normalized spacial score (nSPS) is 13.3. The molecule has 8 nitrogen and oxygen atoms in total. The van der Waals surface area contributed by atoms with E-state index in [1.807, 2.05) is 18.2 Å². The number of hydrogen-bond acceptors (Lipinski definition) is 8. The number of nitrogens with zero attached hydrogens (tertiary/aromatic N) is 2. The number of aromatic nitrogens is 1. The highest BCUT2D eigenvalue weighted by molar-refractivity contribution is 7.92. The van der Waals surface area contributed by atoms with Crippen molar-refractivity contribution in [1.29, 1.82) is 0 Å². The van der Waals surface area contributed by atoms with Gasteiger partial charge in [-0.2, -0.15) is 0 Å². The number of rotatable bonds is 9. The molecule has 12 heteroatoms. The minimum atomic E-state index is -3.79. The lowest BCUT2D eigenvalue weighted by Crippen LogP contribution is -2.30. The third-order valence-electron chi connectivity index (χ3n) is 7.18. The molecule has 224 valence electrons. The Kier molecular flexibility index (Phi) is 9.38. The average Bonchev–Trinajstić information content (AvgIpc) is 3.58. The zero-order chi connectivity index (χ0) is 29.3. The van der Waals surface area contributed by atoms with Crippen molar-refractivity contribution < 1.29 is 17.9 Å². The van der Waals surface area contributed by atoms with Crippen LogP contribution in [0, 0.1) is 0 Å². The molecule has 1 amide bonds. The van der Waals surface area contributed by atoms with Crippen LogP contribution in [0.4, 0.5) is 10.7 Å². The van der Waals surface area contributed by atoms with Gasteiger partial charge in [-0.1, -0.05) is 19.1 Å². The van der Waals surface area contributed by atoms with Gasteiger partial charge in [-0.15, -0.1) is 35.1 Å². The number of sulfonamides is 1. The second-order valence-corrected chi connectivity index (χ2v) is 13.9. The number of benzene rings is 3. The highest BCUT2D eigenvalue weighted by Crippen LogP contribution is 2.45. The van der Waals surface area contributed by atoms with Gasteiger partial charge in [0.2, 0.25) is 0 Å². The lowest BCUT2D eigenvalue weighted by molar-refractivity contribution is 0.102. The van der Waals surface area contributed by atoms with Gasteiger partial charge in [0, 0.05) is 34.8 Å². The van der Waals surface area contributed by atoms with Crippen LogP contribution in [0.3, 0.4) is 0 Å². The highest BCUT2D eigenvalue weighted by Gasteiger charge is 2.28. The lowest BCUT2D eigenvalue weighted by Gasteiger charge is -2.26. The first-order valence-electron chi connectivity index (χ1n) is 13.7. The maximum atomic E-state index is 13.4. The predicted octanol–water partition coefficient (Wildman–Crippen LogP) is 7.28. The number of hydrogen-bond donors (Lipinski definition) is 2. The summed E-state index contributed by atoms with van der Waals surface area (Å²) in [7, 11) is -2.27. The number of thiazole rings is 1. The van der Waals surface area contributed by atoms with Gasteiger partial charge in [0.05, 0.1) is 22.2 Å². The smallest absolute Gasteiger partial charge is 0.261 e. The summed E-state index contributed by atoms with van der Waals surface area (Å²) in [6.45, 7) is 5.09. The number of nitrogens with one attached hydrogen (secondary N) is 2. The minimum absolute atomic E-state index is 0. The van der Waals surface area contributed by atoms with Crippen LogP contribution in [-0.2, 0) is 23.0 Å². The molecule has 43 heavy (non-hydrogen) atoms. The third-order valence-corrected chi connectivity index (χ3v) is 10.8. The molecule has 1 aliphatic heterocycles. The van der Waals surface area contributed by atoms with E-state index in [1.54, 1.807) is 59.1 Å². The van der Waals surface area contributed by atoms with E-state index in [2.05, 4.69) is 27.9 Å². The van der Waals surface area contributed by atoms with Gasteiger partial charge in [-0.3, -0.25) is 14.4 Å². The fourth-order valence-corrected chi connectivity index (χ4v) is 8.55. The number of para-hydroxylation sites is 1. The van der Waals surface area contributed by atoms with E-state index in [9.17, 15) is 13.2 Å². The molecule has 6 rings (SSSR count). The molecular weight excluding hydrogens is 624 g/mol. The SMILES string of the molecule is CCCN1CCc2c(sc(NC(=O)c3ccc(NS(=O)(=O)c4ccc(OC)cc4)cc3)c2-c2nc3ccccc3s2)C1.Cl. The molecule has 0 atom stereocenters. The van der Waals surface area contributed by atoms with Gasteiger partial charge >= 0.3 is 0 Å². The fourth-order valence-electron chi connectivity index (χ4n) is 5.09. The second-order valence-electron chi connectivity index (χ2n) is 10.0. The molecule has 3 aromatic carbocycles. The van der Waals surface area contributed by atoms with Crippen molar-refractivity contribution >= 4 is 71.9 Å². The number of ether oxygens (including phenoxy) is 1. The number of fused-ring (bicyclic) bond motifs is 2. The fraction of sp³-hybridized carbons (Fsp3) is 0.226. The summed E-state index contributed by atoms with van der Waals surface area (Å²) in [5.74, 6) is 0.311. The first-order valence-corrected chi connectivity index (χ1v) is 16.8. The molecule has 0 fully saturated rings. The molecule has 2 N–H and O–H groups in total. The molecule has 1 aliphatic rings. The maximum absolute atomic E-state index is 13.4. The quantitative estimate of drug-likeness (QED) is 0.173.